The minimum atomic E-state index is -0.444. The van der Waals surface area contributed by atoms with Crippen molar-refractivity contribution in [2.75, 3.05) is 0 Å². The molecule has 1 unspecified atom stereocenters. The van der Waals surface area contributed by atoms with Crippen molar-refractivity contribution in [3.05, 3.63) is 12.2 Å². The van der Waals surface area contributed by atoms with Crippen LogP contribution in [0, 0.1) is 23.2 Å². The molecule has 0 aromatic rings. The number of rotatable bonds is 6. The molecular formula is C22H36BClO4. The molecule has 1 heterocycles. The van der Waals surface area contributed by atoms with Crippen LogP contribution in [0.5, 0.6) is 0 Å². The normalized spacial score (nSPS) is 36.0. The summed E-state index contributed by atoms with van der Waals surface area (Å²) in [6.45, 7) is 14.6. The molecule has 2 bridgehead atoms. The zero-order chi connectivity index (χ0) is 20.9. The van der Waals surface area contributed by atoms with Gasteiger partial charge in [-0.1, -0.05) is 32.9 Å². The van der Waals surface area contributed by atoms with Crippen molar-refractivity contribution in [2.24, 2.45) is 23.2 Å². The summed E-state index contributed by atoms with van der Waals surface area (Å²) in [5.74, 6) is 1.22. The lowest BCUT2D eigenvalue weighted by molar-refractivity contribution is -0.199. The van der Waals surface area contributed by atoms with E-state index in [0.29, 0.717) is 24.2 Å². The second kappa shape index (κ2) is 7.63. The minimum absolute atomic E-state index is 0.109. The first kappa shape index (κ1) is 22.2. The molecule has 3 aliphatic carbocycles. The Morgan fingerprint density at radius 1 is 1.32 bits per heavy atom. The van der Waals surface area contributed by atoms with Crippen molar-refractivity contribution in [2.45, 2.75) is 96.7 Å². The molecule has 1 aliphatic heterocycles. The van der Waals surface area contributed by atoms with Crippen LogP contribution >= 0.6 is 11.6 Å². The van der Waals surface area contributed by atoms with Gasteiger partial charge in [0.05, 0.1) is 23.4 Å². The molecule has 6 heteroatoms. The van der Waals surface area contributed by atoms with Gasteiger partial charge in [-0.25, -0.2) is 0 Å². The van der Waals surface area contributed by atoms with E-state index in [1.165, 1.54) is 6.42 Å². The lowest BCUT2D eigenvalue weighted by atomic mass is 9.43. The highest BCUT2D eigenvalue weighted by Gasteiger charge is 2.68. The SMILES string of the molecule is C[C@H](/C=C\C[C@@H](Cl)B1OC2C[C@@H]3C[C@@H](C3(C)C)[C@]2(C)O1)CC(=O)OC(C)(C)C. The summed E-state index contributed by atoms with van der Waals surface area (Å²) in [5.41, 5.74) is -0.326. The van der Waals surface area contributed by atoms with Gasteiger partial charge in [0.25, 0.3) is 0 Å². The third-order valence-electron chi connectivity index (χ3n) is 7.00. The zero-order valence-electron chi connectivity index (χ0n) is 18.5. The van der Waals surface area contributed by atoms with Crippen molar-refractivity contribution >= 4 is 24.7 Å². The van der Waals surface area contributed by atoms with Gasteiger partial charge in [0.15, 0.2) is 0 Å². The maximum Gasteiger partial charge on any atom is 0.477 e. The molecular weight excluding hydrogens is 375 g/mol. The van der Waals surface area contributed by atoms with E-state index in [2.05, 4.69) is 20.8 Å². The number of hydrogen-bond acceptors (Lipinski definition) is 4. The van der Waals surface area contributed by atoms with Crippen LogP contribution in [0.3, 0.4) is 0 Å². The van der Waals surface area contributed by atoms with E-state index < -0.39 is 5.60 Å². The summed E-state index contributed by atoms with van der Waals surface area (Å²) < 4.78 is 18.0. The van der Waals surface area contributed by atoms with Gasteiger partial charge in [-0.05, 0) is 70.1 Å². The van der Waals surface area contributed by atoms with Gasteiger partial charge in [0.1, 0.15) is 5.60 Å². The molecule has 6 atom stereocenters. The molecule has 0 spiro atoms. The number of allylic oxidation sites excluding steroid dienone is 2. The average molecular weight is 411 g/mol. The van der Waals surface area contributed by atoms with Gasteiger partial charge in [-0.2, -0.15) is 0 Å². The fraction of sp³-hybridized carbons (Fsp3) is 0.864. The fourth-order valence-corrected chi connectivity index (χ4v) is 5.53. The molecule has 0 radical (unpaired) electrons. The van der Waals surface area contributed by atoms with Crippen LogP contribution < -0.4 is 0 Å². The number of hydrogen-bond donors (Lipinski definition) is 0. The third kappa shape index (κ3) is 4.32. The van der Waals surface area contributed by atoms with E-state index in [1.807, 2.05) is 39.8 Å². The van der Waals surface area contributed by atoms with E-state index in [4.69, 9.17) is 25.6 Å². The molecule has 28 heavy (non-hydrogen) atoms. The Labute approximate surface area is 175 Å². The maximum atomic E-state index is 11.9. The van der Waals surface area contributed by atoms with Gasteiger partial charge in [0.2, 0.25) is 0 Å². The highest BCUT2D eigenvalue weighted by atomic mass is 35.5. The summed E-state index contributed by atoms with van der Waals surface area (Å²) in [6.07, 6.45) is 7.57. The van der Waals surface area contributed by atoms with E-state index >= 15 is 0 Å². The van der Waals surface area contributed by atoms with E-state index in [1.54, 1.807) is 0 Å². The Kier molecular flexibility index (Phi) is 6.04. The van der Waals surface area contributed by atoms with Crippen LogP contribution in [0.15, 0.2) is 12.2 Å². The van der Waals surface area contributed by atoms with Crippen LogP contribution in [0.4, 0.5) is 0 Å². The Bertz CT molecular complexity index is 629. The van der Waals surface area contributed by atoms with E-state index in [0.717, 1.165) is 12.3 Å². The highest BCUT2D eigenvalue weighted by Crippen LogP contribution is 2.65. The second-order valence-electron chi connectivity index (χ2n) is 10.8. The largest absolute Gasteiger partial charge is 0.477 e. The Morgan fingerprint density at radius 2 is 2.00 bits per heavy atom. The van der Waals surface area contributed by atoms with Crippen LogP contribution in [-0.4, -0.2) is 35.7 Å². The van der Waals surface area contributed by atoms with Crippen molar-refractivity contribution in [3.63, 3.8) is 0 Å². The number of carbonyl (C=O) groups is 1. The molecule has 3 saturated carbocycles. The predicted octanol–water partition coefficient (Wildman–Crippen LogP) is 5.18. The van der Waals surface area contributed by atoms with Gasteiger partial charge < -0.3 is 14.0 Å². The number of alkyl halides is 1. The second-order valence-corrected chi connectivity index (χ2v) is 11.3. The van der Waals surface area contributed by atoms with Gasteiger partial charge in [-0.15, -0.1) is 11.6 Å². The Hall–Kier alpha value is -0.515. The van der Waals surface area contributed by atoms with Crippen molar-refractivity contribution in [3.8, 4) is 0 Å². The third-order valence-corrected chi connectivity index (χ3v) is 7.38. The molecule has 4 fully saturated rings. The van der Waals surface area contributed by atoms with Crippen LogP contribution in [0.25, 0.3) is 0 Å². The molecule has 4 aliphatic rings. The standard InChI is InChI=1S/C22H36BClO4/c1-14(11-19(25)26-20(2,3)4)9-8-10-18(24)23-27-17-13-15-12-16(21(15,5)6)22(17,7)28-23/h8-9,14-18H,10-13H2,1-7H3/b9-8-/t14-,15+,16+,17?,18-,22+/m1/s1. The van der Waals surface area contributed by atoms with Gasteiger partial charge in [-0.3, -0.25) is 4.79 Å². The molecule has 158 valence electrons. The molecule has 4 nitrogen and oxygen atoms in total. The number of esters is 1. The molecule has 0 aromatic heterocycles. The molecule has 0 amide bonds. The van der Waals surface area contributed by atoms with Gasteiger partial charge in [0, 0.05) is 0 Å². The lowest BCUT2D eigenvalue weighted by Gasteiger charge is -2.64. The monoisotopic (exact) mass is 410 g/mol. The topological polar surface area (TPSA) is 44.8 Å². The van der Waals surface area contributed by atoms with Crippen LogP contribution in [0.2, 0.25) is 0 Å². The Balaban J connectivity index is 1.48. The first-order chi connectivity index (χ1) is 12.8. The number of halogens is 1. The highest BCUT2D eigenvalue weighted by molar-refractivity contribution is 6.59. The summed E-state index contributed by atoms with van der Waals surface area (Å²) >= 11 is 6.63. The van der Waals surface area contributed by atoms with E-state index in [9.17, 15) is 4.79 Å². The summed E-state index contributed by atoms with van der Waals surface area (Å²) in [5, 5.41) is -0.229. The Morgan fingerprint density at radius 3 is 2.61 bits per heavy atom. The quantitative estimate of drug-likeness (QED) is 0.262. The first-order valence-corrected chi connectivity index (χ1v) is 11.1. The van der Waals surface area contributed by atoms with Crippen molar-refractivity contribution in [1.29, 1.82) is 0 Å². The van der Waals surface area contributed by atoms with E-state index in [-0.39, 0.29) is 36.0 Å². The summed E-state index contributed by atoms with van der Waals surface area (Å²) in [7, 11) is -0.363. The maximum absolute atomic E-state index is 11.9. The lowest BCUT2D eigenvalue weighted by Crippen LogP contribution is -2.65. The van der Waals surface area contributed by atoms with Crippen LogP contribution in [0.1, 0.15) is 74.1 Å². The fourth-order valence-electron chi connectivity index (χ4n) is 5.32. The number of ether oxygens (including phenoxy) is 1. The predicted molar refractivity (Wildman–Crippen MR) is 113 cm³/mol. The molecule has 1 saturated heterocycles. The average Bonchev–Trinajstić information content (AvgIpc) is 2.89. The first-order valence-electron chi connectivity index (χ1n) is 10.7. The molecule has 0 N–H and O–H groups in total. The number of carbonyl (C=O) groups excluding carboxylic acids is 1. The minimum Gasteiger partial charge on any atom is -0.460 e. The van der Waals surface area contributed by atoms with Crippen molar-refractivity contribution < 1.29 is 18.8 Å². The summed E-state index contributed by atoms with van der Waals surface area (Å²) in [4.78, 5) is 11.9. The smallest absolute Gasteiger partial charge is 0.460 e. The van der Waals surface area contributed by atoms with Crippen molar-refractivity contribution in [1.82, 2.24) is 0 Å². The van der Waals surface area contributed by atoms with Crippen LogP contribution in [-0.2, 0) is 18.8 Å². The summed E-state index contributed by atoms with van der Waals surface area (Å²) in [6, 6.07) is 0. The molecule has 0 aromatic carbocycles. The zero-order valence-corrected chi connectivity index (χ0v) is 19.2. The van der Waals surface area contributed by atoms with Gasteiger partial charge >= 0.3 is 13.1 Å². The molecule has 4 rings (SSSR count).